The van der Waals surface area contributed by atoms with Crippen LogP contribution in [0.15, 0.2) is 255 Å². The van der Waals surface area contributed by atoms with Gasteiger partial charge in [-0.25, -0.2) is 0 Å². The van der Waals surface area contributed by atoms with Crippen molar-refractivity contribution in [2.45, 2.75) is 5.92 Å². The molecule has 0 aromatic heterocycles. The van der Waals surface area contributed by atoms with Gasteiger partial charge < -0.3 is 14.7 Å². The van der Waals surface area contributed by atoms with Crippen LogP contribution in [0.5, 0.6) is 0 Å². The maximum atomic E-state index is 2.46. The molecule has 0 fully saturated rings. The first-order chi connectivity index (χ1) is 28.8. The molecule has 0 bridgehead atoms. The van der Waals surface area contributed by atoms with Crippen molar-refractivity contribution < 1.29 is 0 Å². The third kappa shape index (κ3) is 7.37. The lowest BCUT2D eigenvalue weighted by Gasteiger charge is -2.40. The first-order valence-corrected chi connectivity index (χ1v) is 19.8. The molecule has 0 radical (unpaired) electrons. The molecule has 0 unspecified atom stereocenters. The lowest BCUT2D eigenvalue weighted by molar-refractivity contribution is 0.969. The van der Waals surface area contributed by atoms with E-state index < -0.39 is 0 Å². The predicted molar refractivity (Wildman–Crippen MR) is 244 cm³/mol. The predicted octanol–water partition coefficient (Wildman–Crippen LogP) is 15.3. The highest BCUT2D eigenvalue weighted by Crippen LogP contribution is 2.56. The quantitative estimate of drug-likeness (QED) is 0.115. The molecule has 9 rings (SSSR count). The van der Waals surface area contributed by atoms with Crippen molar-refractivity contribution in [2.24, 2.45) is 0 Å². The molecule has 58 heavy (non-hydrogen) atoms. The molecular weight excluding hydrogens is 703 g/mol. The summed E-state index contributed by atoms with van der Waals surface area (Å²) in [5.41, 5.74) is 13.0. The Morgan fingerprint density at radius 3 is 0.793 bits per heavy atom. The highest BCUT2D eigenvalue weighted by molar-refractivity contribution is 6.02. The molecule has 3 nitrogen and oxygen atoms in total. The number of anilines is 9. The molecule has 0 heterocycles. The fourth-order valence-corrected chi connectivity index (χ4v) is 8.00. The van der Waals surface area contributed by atoms with Crippen LogP contribution in [0.25, 0.3) is 0 Å². The fourth-order valence-electron chi connectivity index (χ4n) is 8.00. The van der Waals surface area contributed by atoms with Gasteiger partial charge in [-0.3, -0.25) is 0 Å². The van der Waals surface area contributed by atoms with Gasteiger partial charge in [0.05, 0.1) is 17.1 Å². The van der Waals surface area contributed by atoms with Crippen LogP contribution in [0, 0.1) is 0 Å². The van der Waals surface area contributed by atoms with Gasteiger partial charge in [-0.15, -0.1) is 0 Å². The average molecular weight is 746 g/mol. The van der Waals surface area contributed by atoms with Gasteiger partial charge in [0.15, 0.2) is 0 Å². The second-order valence-corrected chi connectivity index (χ2v) is 14.1. The Morgan fingerprint density at radius 2 is 0.483 bits per heavy atom. The summed E-state index contributed by atoms with van der Waals surface area (Å²) in [6, 6.07) is 91.1. The standard InChI is InChI=1S/C55H43N3/c1-9-25-43(26-10-1)53(44-27-11-2-12-28-44)51-41-42-52(56(45-29-13-3-14-30-45)46-31-15-4-16-32-46)55(58(49-37-21-7-22-38-49)50-39-23-8-24-40-50)54(51)57(47-33-17-5-18-34-47)48-35-19-6-20-36-48/h1-42,53H. The largest absolute Gasteiger partial charge is 0.308 e. The van der Waals surface area contributed by atoms with E-state index in [4.69, 9.17) is 0 Å². The summed E-state index contributed by atoms with van der Waals surface area (Å²) in [6.45, 7) is 0. The average Bonchev–Trinajstić information content (AvgIpc) is 3.31. The van der Waals surface area contributed by atoms with E-state index in [9.17, 15) is 0 Å². The summed E-state index contributed by atoms with van der Waals surface area (Å²) in [7, 11) is 0. The number of rotatable bonds is 12. The fraction of sp³-hybridized carbons (Fsp3) is 0.0182. The van der Waals surface area contributed by atoms with Crippen LogP contribution in [-0.4, -0.2) is 0 Å². The van der Waals surface area contributed by atoms with Crippen molar-refractivity contribution in [3.05, 3.63) is 271 Å². The molecule has 0 aliphatic carbocycles. The number of hydrogen-bond donors (Lipinski definition) is 0. The van der Waals surface area contributed by atoms with E-state index >= 15 is 0 Å². The van der Waals surface area contributed by atoms with Gasteiger partial charge in [0, 0.05) is 40.0 Å². The van der Waals surface area contributed by atoms with E-state index in [0.29, 0.717) is 0 Å². The van der Waals surface area contributed by atoms with Gasteiger partial charge in [-0.2, -0.15) is 0 Å². The maximum absolute atomic E-state index is 2.46. The molecule has 3 heteroatoms. The van der Waals surface area contributed by atoms with Crippen molar-refractivity contribution in [1.29, 1.82) is 0 Å². The minimum Gasteiger partial charge on any atom is -0.308 e. The van der Waals surface area contributed by atoms with Gasteiger partial charge >= 0.3 is 0 Å². The SMILES string of the molecule is c1ccc(C(c2ccccc2)c2ccc(N(c3ccccc3)c3ccccc3)c(N(c3ccccc3)c3ccccc3)c2N(c2ccccc2)c2ccccc2)cc1. The molecule has 0 aliphatic rings. The Hall–Kier alpha value is -7.62. The molecule has 0 atom stereocenters. The smallest absolute Gasteiger partial charge is 0.0949 e. The van der Waals surface area contributed by atoms with Crippen LogP contribution in [0.1, 0.15) is 22.6 Å². The van der Waals surface area contributed by atoms with Gasteiger partial charge in [0.2, 0.25) is 0 Å². The molecule has 0 saturated carbocycles. The molecule has 0 amide bonds. The van der Waals surface area contributed by atoms with Crippen LogP contribution in [-0.2, 0) is 0 Å². The Labute approximate surface area is 342 Å². The molecule has 0 N–H and O–H groups in total. The van der Waals surface area contributed by atoms with Crippen LogP contribution >= 0.6 is 0 Å². The molecule has 0 saturated heterocycles. The van der Waals surface area contributed by atoms with Gasteiger partial charge in [-0.1, -0.05) is 176 Å². The lowest BCUT2D eigenvalue weighted by Crippen LogP contribution is -2.23. The number of para-hydroxylation sites is 6. The second-order valence-electron chi connectivity index (χ2n) is 14.1. The molecule has 0 spiro atoms. The first kappa shape index (κ1) is 36.0. The third-order valence-corrected chi connectivity index (χ3v) is 10.5. The molecule has 9 aromatic rings. The topological polar surface area (TPSA) is 9.72 Å². The normalized spacial score (nSPS) is 10.9. The zero-order valence-electron chi connectivity index (χ0n) is 32.2. The third-order valence-electron chi connectivity index (χ3n) is 10.5. The molecule has 0 aliphatic heterocycles. The zero-order chi connectivity index (χ0) is 38.9. The van der Waals surface area contributed by atoms with E-state index in [1.807, 2.05) is 0 Å². The molecular formula is C55H43N3. The van der Waals surface area contributed by atoms with Crippen LogP contribution < -0.4 is 14.7 Å². The summed E-state index contributed by atoms with van der Waals surface area (Å²) < 4.78 is 0. The summed E-state index contributed by atoms with van der Waals surface area (Å²) in [5.74, 6) is -0.115. The second kappa shape index (κ2) is 17.0. The molecule has 278 valence electrons. The maximum Gasteiger partial charge on any atom is 0.0949 e. The van der Waals surface area contributed by atoms with Gasteiger partial charge in [-0.05, 0) is 95.6 Å². The van der Waals surface area contributed by atoms with Crippen molar-refractivity contribution >= 4 is 51.2 Å². The summed E-state index contributed by atoms with van der Waals surface area (Å²) in [5, 5.41) is 0. The van der Waals surface area contributed by atoms with E-state index in [1.54, 1.807) is 0 Å². The minimum atomic E-state index is -0.115. The number of hydrogen-bond acceptors (Lipinski definition) is 3. The van der Waals surface area contributed by atoms with Gasteiger partial charge in [0.25, 0.3) is 0 Å². The highest BCUT2D eigenvalue weighted by Gasteiger charge is 2.33. The molecule has 9 aromatic carbocycles. The Kier molecular flexibility index (Phi) is 10.6. The summed E-state index contributed by atoms with van der Waals surface area (Å²) in [4.78, 5) is 7.30. The van der Waals surface area contributed by atoms with Crippen LogP contribution in [0.4, 0.5) is 51.2 Å². The summed E-state index contributed by atoms with van der Waals surface area (Å²) in [6.07, 6.45) is 0. The van der Waals surface area contributed by atoms with Crippen molar-refractivity contribution in [3.8, 4) is 0 Å². The number of nitrogens with zero attached hydrogens (tertiary/aromatic N) is 3. The van der Waals surface area contributed by atoms with Crippen molar-refractivity contribution in [1.82, 2.24) is 0 Å². The summed E-state index contributed by atoms with van der Waals surface area (Å²) >= 11 is 0. The highest BCUT2D eigenvalue weighted by atomic mass is 15.3. The van der Waals surface area contributed by atoms with E-state index in [0.717, 1.165) is 51.2 Å². The van der Waals surface area contributed by atoms with E-state index in [-0.39, 0.29) is 5.92 Å². The van der Waals surface area contributed by atoms with E-state index in [2.05, 4.69) is 269 Å². The van der Waals surface area contributed by atoms with Crippen molar-refractivity contribution in [2.75, 3.05) is 14.7 Å². The van der Waals surface area contributed by atoms with E-state index in [1.165, 1.54) is 16.7 Å². The monoisotopic (exact) mass is 745 g/mol. The zero-order valence-corrected chi connectivity index (χ0v) is 32.2. The Morgan fingerprint density at radius 1 is 0.224 bits per heavy atom. The lowest BCUT2D eigenvalue weighted by atomic mass is 9.83. The Bertz CT molecular complexity index is 2290. The van der Waals surface area contributed by atoms with Crippen LogP contribution in [0.3, 0.4) is 0 Å². The Balaban J connectivity index is 1.50. The first-order valence-electron chi connectivity index (χ1n) is 19.8. The van der Waals surface area contributed by atoms with Gasteiger partial charge in [0.1, 0.15) is 0 Å². The number of benzene rings is 9. The van der Waals surface area contributed by atoms with Crippen LogP contribution in [0.2, 0.25) is 0 Å². The van der Waals surface area contributed by atoms with Crippen molar-refractivity contribution in [3.63, 3.8) is 0 Å². The minimum absolute atomic E-state index is 0.115.